The molecule has 14 nitrogen and oxygen atoms in total. The molecule has 15 heteroatoms. The van der Waals surface area contributed by atoms with Crippen LogP contribution in [0.25, 0.3) is 0 Å². The molecule has 0 aliphatic carbocycles. The van der Waals surface area contributed by atoms with Crippen LogP contribution in [-0.4, -0.2) is 109 Å². The number of amides is 3. The summed E-state index contributed by atoms with van der Waals surface area (Å²) in [4.78, 5) is 87.6. The number of hydrogen-bond acceptors (Lipinski definition) is 12. The van der Waals surface area contributed by atoms with Gasteiger partial charge in [0.1, 0.15) is 23.3 Å². The van der Waals surface area contributed by atoms with Crippen LogP contribution >= 0.6 is 11.3 Å². The maximum Gasteiger partial charge on any atom is 0.325 e. The number of carbonyl (C=O) groups is 6. The van der Waals surface area contributed by atoms with Crippen LogP contribution in [-0.2, 0) is 44.6 Å². The minimum Gasteiger partial charge on any atom is -0.469 e. The lowest BCUT2D eigenvalue weighted by Crippen LogP contribution is -2.59. The van der Waals surface area contributed by atoms with E-state index in [1.54, 1.807) is 12.3 Å². The molecule has 7 atom stereocenters. The second-order valence-corrected chi connectivity index (χ2v) is 16.0. The maximum atomic E-state index is 14.6. The number of thiazole rings is 1. The molecule has 310 valence electrons. The monoisotopic (exact) mass is 799 g/mol. The van der Waals surface area contributed by atoms with Gasteiger partial charge in [0, 0.05) is 30.8 Å². The summed E-state index contributed by atoms with van der Waals surface area (Å²) in [7, 11) is 4.47. The summed E-state index contributed by atoms with van der Waals surface area (Å²) in [5.74, 6) is -3.75. The SMILES string of the molecule is CC[C@H](C)[C@H](NC(=O)[C@H]1CCCCN1C)C(=O)N(CC(=O)OC)[C@H](C[C@@H](OC(C)=O)c1nc(C(=O)N[C@@H](Cc2ccccc2)C[C@H](C)C(=O)OC)cs1)C(C)C. The highest BCUT2D eigenvalue weighted by Gasteiger charge is 2.40. The van der Waals surface area contributed by atoms with Gasteiger partial charge in [0.05, 0.1) is 26.2 Å². The lowest BCUT2D eigenvalue weighted by Gasteiger charge is -2.39. The average molecular weight is 800 g/mol. The van der Waals surface area contributed by atoms with Crippen molar-refractivity contribution in [2.45, 2.75) is 117 Å². The van der Waals surface area contributed by atoms with Gasteiger partial charge in [-0.15, -0.1) is 11.3 Å². The molecule has 3 amide bonds. The molecule has 1 aliphatic rings. The van der Waals surface area contributed by atoms with Crippen molar-refractivity contribution in [2.75, 3.05) is 34.4 Å². The number of methoxy groups -OCH3 is 2. The Kier molecular flexibility index (Phi) is 18.4. The molecule has 0 bridgehead atoms. The summed E-state index contributed by atoms with van der Waals surface area (Å²) in [5.41, 5.74) is 1.08. The minimum atomic E-state index is -0.980. The predicted molar refractivity (Wildman–Crippen MR) is 212 cm³/mol. The van der Waals surface area contributed by atoms with Crippen LogP contribution in [0.3, 0.4) is 0 Å². The number of nitrogens with one attached hydrogen (secondary N) is 2. The van der Waals surface area contributed by atoms with Crippen LogP contribution in [0.4, 0.5) is 0 Å². The molecule has 1 aromatic heterocycles. The van der Waals surface area contributed by atoms with Crippen molar-refractivity contribution in [1.29, 1.82) is 0 Å². The smallest absolute Gasteiger partial charge is 0.325 e. The Morgan fingerprint density at radius 3 is 2.27 bits per heavy atom. The van der Waals surface area contributed by atoms with Gasteiger partial charge in [-0.2, -0.15) is 0 Å². The number of benzene rings is 1. The number of esters is 3. The van der Waals surface area contributed by atoms with E-state index in [0.29, 0.717) is 30.7 Å². The van der Waals surface area contributed by atoms with E-state index in [1.165, 1.54) is 26.0 Å². The summed E-state index contributed by atoms with van der Waals surface area (Å²) in [6, 6.07) is 7.20. The van der Waals surface area contributed by atoms with Crippen molar-refractivity contribution in [3.8, 4) is 0 Å². The van der Waals surface area contributed by atoms with Gasteiger partial charge in [-0.3, -0.25) is 33.7 Å². The predicted octanol–water partition coefficient (Wildman–Crippen LogP) is 4.72. The molecule has 1 aliphatic heterocycles. The Labute approximate surface area is 335 Å². The topological polar surface area (TPSA) is 174 Å². The van der Waals surface area contributed by atoms with Crippen molar-refractivity contribution >= 4 is 47.0 Å². The number of likely N-dealkylation sites (tertiary alicyclic amines) is 1. The molecule has 3 rings (SSSR count). The fraction of sp³-hybridized carbons (Fsp3) is 0.634. The van der Waals surface area contributed by atoms with Crippen molar-refractivity contribution in [3.63, 3.8) is 0 Å². The molecule has 0 unspecified atom stereocenters. The molecule has 56 heavy (non-hydrogen) atoms. The van der Waals surface area contributed by atoms with Gasteiger partial charge in [-0.1, -0.05) is 77.8 Å². The zero-order chi connectivity index (χ0) is 41.5. The highest BCUT2D eigenvalue weighted by Crippen LogP contribution is 2.32. The summed E-state index contributed by atoms with van der Waals surface area (Å²) < 4.78 is 15.7. The van der Waals surface area contributed by atoms with E-state index in [9.17, 15) is 28.8 Å². The van der Waals surface area contributed by atoms with Gasteiger partial charge in [-0.25, -0.2) is 4.98 Å². The maximum absolute atomic E-state index is 14.6. The zero-order valence-corrected chi connectivity index (χ0v) is 35.2. The molecule has 2 aromatic rings. The Hall–Kier alpha value is -4.37. The first-order valence-corrected chi connectivity index (χ1v) is 20.4. The first kappa shape index (κ1) is 46.0. The Bertz CT molecular complexity index is 1620. The van der Waals surface area contributed by atoms with E-state index in [2.05, 4.69) is 15.6 Å². The second-order valence-electron chi connectivity index (χ2n) is 15.1. The second kappa shape index (κ2) is 22.4. The van der Waals surface area contributed by atoms with Crippen LogP contribution in [0.2, 0.25) is 0 Å². The van der Waals surface area contributed by atoms with Gasteiger partial charge in [-0.05, 0) is 56.7 Å². The third-order valence-corrected chi connectivity index (χ3v) is 11.5. The van der Waals surface area contributed by atoms with E-state index in [4.69, 9.17) is 14.2 Å². The Morgan fingerprint density at radius 1 is 0.982 bits per heavy atom. The summed E-state index contributed by atoms with van der Waals surface area (Å²) >= 11 is 1.13. The number of carbonyl (C=O) groups excluding carboxylic acids is 6. The number of aromatic nitrogens is 1. The van der Waals surface area contributed by atoms with Crippen molar-refractivity contribution in [1.82, 2.24) is 25.4 Å². The zero-order valence-electron chi connectivity index (χ0n) is 34.4. The number of piperidine rings is 1. The lowest BCUT2D eigenvalue weighted by atomic mass is 9.92. The van der Waals surface area contributed by atoms with E-state index in [0.717, 1.165) is 36.3 Å². The lowest BCUT2D eigenvalue weighted by molar-refractivity contribution is -0.154. The fourth-order valence-corrected chi connectivity index (χ4v) is 7.91. The van der Waals surface area contributed by atoms with Crippen molar-refractivity contribution in [3.05, 3.63) is 52.0 Å². The quantitative estimate of drug-likeness (QED) is 0.140. The summed E-state index contributed by atoms with van der Waals surface area (Å²) in [5, 5.41) is 7.95. The van der Waals surface area contributed by atoms with Gasteiger partial charge < -0.3 is 29.7 Å². The number of hydrogen-bond donors (Lipinski definition) is 2. The molecule has 0 spiro atoms. The van der Waals surface area contributed by atoms with E-state index >= 15 is 0 Å². The first-order valence-electron chi connectivity index (χ1n) is 19.5. The van der Waals surface area contributed by atoms with Crippen LogP contribution in [0, 0.1) is 17.8 Å². The van der Waals surface area contributed by atoms with E-state index in [-0.39, 0.29) is 41.9 Å². The third kappa shape index (κ3) is 13.4. The normalized spacial score (nSPS) is 17.7. The van der Waals surface area contributed by atoms with Gasteiger partial charge in [0.25, 0.3) is 5.91 Å². The summed E-state index contributed by atoms with van der Waals surface area (Å²) in [6.07, 6.45) is 3.05. The van der Waals surface area contributed by atoms with Crippen LogP contribution in [0.1, 0.15) is 107 Å². The highest BCUT2D eigenvalue weighted by atomic mass is 32.1. The van der Waals surface area contributed by atoms with Crippen LogP contribution < -0.4 is 10.6 Å². The van der Waals surface area contributed by atoms with Gasteiger partial charge in [0.15, 0.2) is 6.10 Å². The molecular weight excluding hydrogens is 739 g/mol. The molecule has 2 heterocycles. The number of likely N-dealkylation sites (N-methyl/N-ethyl adjacent to an activating group) is 1. The molecule has 1 fully saturated rings. The number of ether oxygens (including phenoxy) is 3. The first-order chi connectivity index (χ1) is 26.6. The molecule has 0 saturated carbocycles. The number of nitrogens with zero attached hydrogens (tertiary/aromatic N) is 3. The summed E-state index contributed by atoms with van der Waals surface area (Å²) in [6.45, 7) is 11.0. The molecule has 2 N–H and O–H groups in total. The molecule has 0 radical (unpaired) electrons. The fourth-order valence-electron chi connectivity index (χ4n) is 7.07. The minimum absolute atomic E-state index is 0.0500. The van der Waals surface area contributed by atoms with E-state index < -0.39 is 60.4 Å². The molecule has 1 aromatic carbocycles. The molecule has 1 saturated heterocycles. The largest absolute Gasteiger partial charge is 0.469 e. The Morgan fingerprint density at radius 2 is 1.68 bits per heavy atom. The van der Waals surface area contributed by atoms with Crippen LogP contribution in [0.15, 0.2) is 35.7 Å². The van der Waals surface area contributed by atoms with E-state index in [1.807, 2.05) is 70.0 Å². The Balaban J connectivity index is 1.93. The standard InChI is InChI=1S/C41H61N5O9S/c1-10-26(4)36(44-38(50)32-18-14-15-19-45(32)7)40(51)46(23-35(48)53-8)33(25(2)3)22-34(55-28(6)47)39-43-31(24-56-39)37(49)42-30(20-27(5)41(52)54-9)21-29-16-12-11-13-17-29/h11-13,16-17,24-27,30,32-34,36H,10,14-15,18-23H2,1-9H3,(H,42,49)(H,44,50)/t26-,27-,30+,32+,33+,34+,36-/m0/s1. The van der Waals surface area contributed by atoms with Crippen LogP contribution in [0.5, 0.6) is 0 Å². The van der Waals surface area contributed by atoms with Gasteiger partial charge in [0.2, 0.25) is 11.8 Å². The third-order valence-electron chi connectivity index (χ3n) is 10.5. The van der Waals surface area contributed by atoms with Crippen molar-refractivity contribution in [2.24, 2.45) is 17.8 Å². The molecular formula is C41H61N5O9S. The van der Waals surface area contributed by atoms with Gasteiger partial charge >= 0.3 is 17.9 Å². The average Bonchev–Trinajstić information content (AvgIpc) is 3.67. The van der Waals surface area contributed by atoms with Crippen molar-refractivity contribution < 1.29 is 43.0 Å². The highest BCUT2D eigenvalue weighted by molar-refractivity contribution is 7.09. The number of rotatable bonds is 20.